The molecule has 0 aromatic heterocycles. The van der Waals surface area contributed by atoms with Gasteiger partial charge in [0.1, 0.15) is 6.04 Å². The number of carbonyl (C=O) groups excluding carboxylic acids is 1. The number of rotatable bonds is 3. The molecule has 0 saturated carbocycles. The largest absolute Gasteiger partial charge is 0.480 e. The molecular formula is C17H23NO3. The summed E-state index contributed by atoms with van der Waals surface area (Å²) in [6.07, 6.45) is 2.41. The third-order valence-corrected chi connectivity index (χ3v) is 4.45. The maximum Gasteiger partial charge on any atom is 0.326 e. The molecule has 4 nitrogen and oxygen atoms in total. The SMILES string of the molecule is CCC1CCN(C(=O)c2ccc(C)cc2C)C(C(=O)O)C1. The molecule has 1 aliphatic rings. The predicted octanol–water partition coefficient (Wildman–Crippen LogP) is 3.02. The van der Waals surface area contributed by atoms with Crippen molar-refractivity contribution in [2.75, 3.05) is 6.54 Å². The number of carboxylic acids is 1. The molecule has 0 aliphatic carbocycles. The van der Waals surface area contributed by atoms with Gasteiger partial charge in [-0.2, -0.15) is 0 Å². The van der Waals surface area contributed by atoms with Crippen molar-refractivity contribution in [3.05, 3.63) is 34.9 Å². The summed E-state index contributed by atoms with van der Waals surface area (Å²) in [4.78, 5) is 25.7. The quantitative estimate of drug-likeness (QED) is 0.930. The Labute approximate surface area is 125 Å². The van der Waals surface area contributed by atoms with Crippen LogP contribution in [0, 0.1) is 19.8 Å². The molecule has 1 saturated heterocycles. The zero-order valence-corrected chi connectivity index (χ0v) is 12.9. The zero-order valence-electron chi connectivity index (χ0n) is 12.9. The molecular weight excluding hydrogens is 266 g/mol. The van der Waals surface area contributed by atoms with E-state index in [1.165, 1.54) is 4.90 Å². The van der Waals surface area contributed by atoms with E-state index in [0.717, 1.165) is 24.0 Å². The standard InChI is InChI=1S/C17H23NO3/c1-4-13-7-8-18(15(10-13)17(20)21)16(19)14-6-5-11(2)9-12(14)3/h5-6,9,13,15H,4,7-8,10H2,1-3H3,(H,20,21). The summed E-state index contributed by atoms with van der Waals surface area (Å²) in [7, 11) is 0. The fraction of sp³-hybridized carbons (Fsp3) is 0.529. The molecule has 1 fully saturated rings. The van der Waals surface area contributed by atoms with Gasteiger partial charge in [0.15, 0.2) is 0 Å². The van der Waals surface area contributed by atoms with E-state index in [-0.39, 0.29) is 5.91 Å². The van der Waals surface area contributed by atoms with Crippen molar-refractivity contribution < 1.29 is 14.7 Å². The fourth-order valence-corrected chi connectivity index (χ4v) is 3.09. The Balaban J connectivity index is 2.26. The molecule has 1 heterocycles. The smallest absolute Gasteiger partial charge is 0.326 e. The lowest BCUT2D eigenvalue weighted by Gasteiger charge is -2.37. The molecule has 2 atom stereocenters. The summed E-state index contributed by atoms with van der Waals surface area (Å²) >= 11 is 0. The monoisotopic (exact) mass is 289 g/mol. The van der Waals surface area contributed by atoms with Crippen LogP contribution in [-0.4, -0.2) is 34.5 Å². The average Bonchev–Trinajstić information content (AvgIpc) is 2.46. The van der Waals surface area contributed by atoms with Crippen LogP contribution in [0.1, 0.15) is 47.7 Å². The lowest BCUT2D eigenvalue weighted by molar-refractivity contribution is -0.144. The number of hydrogen-bond acceptors (Lipinski definition) is 2. The number of likely N-dealkylation sites (tertiary alicyclic amines) is 1. The molecule has 1 aliphatic heterocycles. The van der Waals surface area contributed by atoms with Crippen molar-refractivity contribution in [1.82, 2.24) is 4.90 Å². The van der Waals surface area contributed by atoms with Gasteiger partial charge in [-0.05, 0) is 44.2 Å². The zero-order chi connectivity index (χ0) is 15.6. The number of aryl methyl sites for hydroxylation is 2. The summed E-state index contributed by atoms with van der Waals surface area (Å²) in [6, 6.07) is 4.96. The number of benzene rings is 1. The van der Waals surface area contributed by atoms with Crippen LogP contribution in [-0.2, 0) is 4.79 Å². The number of amides is 1. The summed E-state index contributed by atoms with van der Waals surface area (Å²) in [5.74, 6) is -0.657. The molecule has 21 heavy (non-hydrogen) atoms. The lowest BCUT2D eigenvalue weighted by Crippen LogP contribution is -2.50. The van der Waals surface area contributed by atoms with Gasteiger partial charge >= 0.3 is 5.97 Å². The fourth-order valence-electron chi connectivity index (χ4n) is 3.09. The Kier molecular flexibility index (Phi) is 4.66. The minimum atomic E-state index is -0.897. The van der Waals surface area contributed by atoms with Crippen molar-refractivity contribution in [2.24, 2.45) is 5.92 Å². The first-order valence-electron chi connectivity index (χ1n) is 7.55. The molecule has 4 heteroatoms. The van der Waals surface area contributed by atoms with Crippen molar-refractivity contribution in [3.8, 4) is 0 Å². The van der Waals surface area contributed by atoms with Gasteiger partial charge in [-0.25, -0.2) is 4.79 Å². The van der Waals surface area contributed by atoms with Gasteiger partial charge in [0.05, 0.1) is 0 Å². The van der Waals surface area contributed by atoms with Crippen molar-refractivity contribution in [2.45, 2.75) is 46.1 Å². The Bertz CT molecular complexity index is 553. The average molecular weight is 289 g/mol. The van der Waals surface area contributed by atoms with Gasteiger partial charge < -0.3 is 10.0 Å². The minimum Gasteiger partial charge on any atom is -0.480 e. The molecule has 2 unspecified atom stereocenters. The van der Waals surface area contributed by atoms with Crippen molar-refractivity contribution in [3.63, 3.8) is 0 Å². The van der Waals surface area contributed by atoms with Crippen LogP contribution in [0.5, 0.6) is 0 Å². The van der Waals surface area contributed by atoms with Crippen LogP contribution in [0.25, 0.3) is 0 Å². The van der Waals surface area contributed by atoms with Crippen LogP contribution in [0.3, 0.4) is 0 Å². The second kappa shape index (κ2) is 6.29. The normalized spacial score (nSPS) is 22.1. The number of aliphatic carboxylic acids is 1. The lowest BCUT2D eigenvalue weighted by atomic mass is 9.88. The first kappa shape index (κ1) is 15.5. The molecule has 1 aromatic carbocycles. The molecule has 1 amide bonds. The van der Waals surface area contributed by atoms with E-state index in [1.54, 1.807) is 6.07 Å². The number of hydrogen-bond donors (Lipinski definition) is 1. The summed E-state index contributed by atoms with van der Waals surface area (Å²) in [6.45, 7) is 6.48. The number of piperidine rings is 1. The van der Waals surface area contributed by atoms with Gasteiger partial charge in [-0.3, -0.25) is 4.79 Å². The minimum absolute atomic E-state index is 0.158. The number of carbonyl (C=O) groups is 2. The summed E-state index contributed by atoms with van der Waals surface area (Å²) < 4.78 is 0. The highest BCUT2D eigenvalue weighted by molar-refractivity contribution is 5.98. The Hall–Kier alpha value is -1.84. The first-order valence-corrected chi connectivity index (χ1v) is 7.55. The van der Waals surface area contributed by atoms with E-state index < -0.39 is 12.0 Å². The van der Waals surface area contributed by atoms with Crippen LogP contribution < -0.4 is 0 Å². The maximum atomic E-state index is 12.7. The number of nitrogens with zero attached hydrogens (tertiary/aromatic N) is 1. The van der Waals surface area contributed by atoms with E-state index in [9.17, 15) is 14.7 Å². The molecule has 2 rings (SSSR count). The highest BCUT2D eigenvalue weighted by Gasteiger charge is 2.36. The van der Waals surface area contributed by atoms with Gasteiger partial charge in [-0.1, -0.05) is 31.0 Å². The molecule has 1 aromatic rings. The van der Waals surface area contributed by atoms with E-state index in [0.29, 0.717) is 24.4 Å². The maximum absolute atomic E-state index is 12.7. The first-order chi connectivity index (χ1) is 9.93. The van der Waals surface area contributed by atoms with Gasteiger partial charge in [0.25, 0.3) is 5.91 Å². The van der Waals surface area contributed by atoms with Crippen molar-refractivity contribution in [1.29, 1.82) is 0 Å². The summed E-state index contributed by atoms with van der Waals surface area (Å²) in [5.41, 5.74) is 2.62. The second-order valence-electron chi connectivity index (χ2n) is 5.97. The summed E-state index contributed by atoms with van der Waals surface area (Å²) in [5, 5.41) is 9.44. The van der Waals surface area contributed by atoms with E-state index in [1.807, 2.05) is 26.0 Å². The topological polar surface area (TPSA) is 57.6 Å². The molecule has 1 N–H and O–H groups in total. The van der Waals surface area contributed by atoms with Gasteiger partial charge in [0, 0.05) is 12.1 Å². The van der Waals surface area contributed by atoms with Crippen LogP contribution in [0.15, 0.2) is 18.2 Å². The third-order valence-electron chi connectivity index (χ3n) is 4.45. The van der Waals surface area contributed by atoms with Gasteiger partial charge in [-0.15, -0.1) is 0 Å². The third kappa shape index (κ3) is 3.26. The highest BCUT2D eigenvalue weighted by Crippen LogP contribution is 2.27. The van der Waals surface area contributed by atoms with E-state index in [2.05, 4.69) is 6.92 Å². The Morgan fingerprint density at radius 2 is 2.05 bits per heavy atom. The van der Waals surface area contributed by atoms with Crippen molar-refractivity contribution >= 4 is 11.9 Å². The van der Waals surface area contributed by atoms with Crippen LogP contribution in [0.4, 0.5) is 0 Å². The molecule has 0 spiro atoms. The van der Waals surface area contributed by atoms with Crippen LogP contribution in [0.2, 0.25) is 0 Å². The van der Waals surface area contributed by atoms with E-state index in [4.69, 9.17) is 0 Å². The molecule has 0 bridgehead atoms. The molecule has 0 radical (unpaired) electrons. The molecule has 114 valence electrons. The predicted molar refractivity (Wildman–Crippen MR) is 81.4 cm³/mol. The second-order valence-corrected chi connectivity index (χ2v) is 5.97. The van der Waals surface area contributed by atoms with Crippen LogP contribution >= 0.6 is 0 Å². The Morgan fingerprint density at radius 1 is 1.33 bits per heavy atom. The number of carboxylic acid groups (broad SMARTS) is 1. The highest BCUT2D eigenvalue weighted by atomic mass is 16.4. The van der Waals surface area contributed by atoms with E-state index >= 15 is 0 Å². The Morgan fingerprint density at radius 3 is 2.62 bits per heavy atom. The van der Waals surface area contributed by atoms with Gasteiger partial charge in [0.2, 0.25) is 0 Å².